The van der Waals surface area contributed by atoms with Crippen LogP contribution in [0.25, 0.3) is 0 Å². The number of rotatable bonds is 69. The molecule has 0 aromatic carbocycles. The van der Waals surface area contributed by atoms with Crippen LogP contribution < -0.4 is 0 Å². The Hall–Kier alpha value is -1.94. The van der Waals surface area contributed by atoms with Gasteiger partial charge in [0.15, 0.2) is 12.2 Å². The Bertz CT molecular complexity index is 1800. The first-order valence-corrected chi connectivity index (χ1v) is 40.2. The molecule has 0 fully saturated rings. The van der Waals surface area contributed by atoms with Crippen molar-refractivity contribution in [2.75, 3.05) is 39.6 Å². The lowest BCUT2D eigenvalue weighted by molar-refractivity contribution is -0.161. The maximum atomic E-state index is 13.0. The van der Waals surface area contributed by atoms with Crippen molar-refractivity contribution < 1.29 is 80.2 Å². The summed E-state index contributed by atoms with van der Waals surface area (Å²) in [7, 11) is -9.90. The van der Waals surface area contributed by atoms with Gasteiger partial charge in [-0.15, -0.1) is 0 Å². The minimum absolute atomic E-state index is 0.102. The molecule has 0 aliphatic heterocycles. The standard InChI is InChI=1S/C72H140O17P2/c1-9-65(8)51-43-35-29-31-39-47-55-72(77)89-68(58-82-69(74)52-44-36-26-22-19-15-17-21-25-33-41-49-63(4)5)61-87-91(80,81)85-57-66(73)56-84-90(78,79)86-60-67(59-83-70(75)53-45-37-30-28-34-42-50-64(6)7)88-71(76)54-46-38-27-23-18-14-12-10-11-13-16-20-24-32-40-48-62(2)3/h62-68,73H,9-61H2,1-8H3,(H,78,79)(H,80,81)/t65?,66?,67-,68-/m1/s1. The van der Waals surface area contributed by atoms with Crippen molar-refractivity contribution in [3.63, 3.8) is 0 Å². The second-order valence-corrected chi connectivity index (χ2v) is 30.6. The van der Waals surface area contributed by atoms with Crippen molar-refractivity contribution in [3.8, 4) is 0 Å². The van der Waals surface area contributed by atoms with Crippen molar-refractivity contribution in [1.82, 2.24) is 0 Å². The molecule has 0 saturated heterocycles. The Morgan fingerprint density at radius 1 is 0.308 bits per heavy atom. The Balaban J connectivity index is 5.20. The first kappa shape index (κ1) is 89.1. The number of phosphoric acid groups is 2. The van der Waals surface area contributed by atoms with Crippen molar-refractivity contribution in [2.45, 2.75) is 375 Å². The summed E-state index contributed by atoms with van der Waals surface area (Å²) in [6.07, 6.45) is 44.7. The van der Waals surface area contributed by atoms with Crippen molar-refractivity contribution in [3.05, 3.63) is 0 Å². The maximum absolute atomic E-state index is 13.0. The number of phosphoric ester groups is 2. The summed E-state index contributed by atoms with van der Waals surface area (Å²) in [5.74, 6) is 0.842. The molecule has 0 bridgehead atoms. The average molecular weight is 1340 g/mol. The Morgan fingerprint density at radius 2 is 0.527 bits per heavy atom. The molecule has 6 atom stereocenters. The van der Waals surface area contributed by atoms with E-state index in [9.17, 15) is 43.2 Å². The lowest BCUT2D eigenvalue weighted by Crippen LogP contribution is -2.30. The zero-order chi connectivity index (χ0) is 67.5. The molecule has 4 unspecified atom stereocenters. The SMILES string of the molecule is CCC(C)CCCCCCCCC(=O)O[C@H](COC(=O)CCCCCCCCCCCCCC(C)C)COP(=O)(O)OCC(O)COP(=O)(O)OC[C@@H](COC(=O)CCCCCCCCC(C)C)OC(=O)CCCCCCCCCCCCCCCCCC(C)C. The van der Waals surface area contributed by atoms with Gasteiger partial charge in [-0.3, -0.25) is 37.3 Å². The van der Waals surface area contributed by atoms with E-state index in [-0.39, 0.29) is 25.7 Å². The van der Waals surface area contributed by atoms with Crippen LogP contribution in [-0.2, 0) is 65.4 Å². The zero-order valence-electron chi connectivity index (χ0n) is 59.5. The van der Waals surface area contributed by atoms with Gasteiger partial charge in [-0.1, -0.05) is 306 Å². The summed E-state index contributed by atoms with van der Waals surface area (Å²) >= 11 is 0. The quantitative estimate of drug-likeness (QED) is 0.0222. The van der Waals surface area contributed by atoms with Crippen LogP contribution in [0.5, 0.6) is 0 Å². The summed E-state index contributed by atoms with van der Waals surface area (Å²) < 4.78 is 68.3. The highest BCUT2D eigenvalue weighted by molar-refractivity contribution is 7.47. The summed E-state index contributed by atoms with van der Waals surface area (Å²) in [5, 5.41) is 10.6. The Kier molecular flexibility index (Phi) is 60.3. The number of carbonyl (C=O) groups is 4. The second kappa shape index (κ2) is 61.6. The van der Waals surface area contributed by atoms with Gasteiger partial charge in [0.25, 0.3) is 0 Å². The number of hydrogen-bond acceptors (Lipinski definition) is 15. The molecule has 0 heterocycles. The van der Waals surface area contributed by atoms with Crippen LogP contribution in [0.15, 0.2) is 0 Å². The van der Waals surface area contributed by atoms with E-state index in [1.165, 1.54) is 154 Å². The van der Waals surface area contributed by atoms with Gasteiger partial charge >= 0.3 is 39.5 Å². The van der Waals surface area contributed by atoms with Crippen LogP contribution in [0, 0.1) is 23.7 Å². The molecule has 3 N–H and O–H groups in total. The molecular weight excluding hydrogens is 1200 g/mol. The predicted molar refractivity (Wildman–Crippen MR) is 367 cm³/mol. The smallest absolute Gasteiger partial charge is 0.462 e. The molecule has 540 valence electrons. The van der Waals surface area contributed by atoms with E-state index in [1.54, 1.807) is 0 Å². The van der Waals surface area contributed by atoms with E-state index in [4.69, 9.17) is 37.0 Å². The van der Waals surface area contributed by atoms with Crippen LogP contribution in [0.3, 0.4) is 0 Å². The Morgan fingerprint density at radius 3 is 0.780 bits per heavy atom. The van der Waals surface area contributed by atoms with Crippen LogP contribution in [0.2, 0.25) is 0 Å². The summed E-state index contributed by atoms with van der Waals surface area (Å²) in [4.78, 5) is 72.6. The number of esters is 4. The second-order valence-electron chi connectivity index (χ2n) is 27.6. The lowest BCUT2D eigenvalue weighted by Gasteiger charge is -2.21. The van der Waals surface area contributed by atoms with Crippen molar-refractivity contribution in [1.29, 1.82) is 0 Å². The summed E-state index contributed by atoms with van der Waals surface area (Å²) in [5.41, 5.74) is 0. The van der Waals surface area contributed by atoms with Gasteiger partial charge in [0.2, 0.25) is 0 Å². The molecule has 0 aromatic heterocycles. The van der Waals surface area contributed by atoms with Crippen LogP contribution in [0.1, 0.15) is 357 Å². The maximum Gasteiger partial charge on any atom is 0.472 e. The van der Waals surface area contributed by atoms with Crippen LogP contribution in [-0.4, -0.2) is 96.7 Å². The minimum Gasteiger partial charge on any atom is -0.462 e. The highest BCUT2D eigenvalue weighted by atomic mass is 31.2. The molecule has 0 aromatic rings. The normalized spacial score (nSPS) is 14.5. The predicted octanol–water partition coefficient (Wildman–Crippen LogP) is 20.5. The third kappa shape index (κ3) is 65.1. The first-order chi connectivity index (χ1) is 43.6. The number of ether oxygens (including phenoxy) is 4. The summed E-state index contributed by atoms with van der Waals surface area (Å²) in [6, 6.07) is 0. The van der Waals surface area contributed by atoms with E-state index >= 15 is 0 Å². The first-order valence-electron chi connectivity index (χ1n) is 37.2. The largest absolute Gasteiger partial charge is 0.472 e. The number of aliphatic hydroxyl groups excluding tert-OH is 1. The number of unbranched alkanes of at least 4 members (excludes halogenated alkanes) is 34. The number of aliphatic hydroxyl groups is 1. The molecule has 0 aliphatic carbocycles. The fraction of sp³-hybridized carbons (Fsp3) is 0.944. The Labute approximate surface area is 556 Å². The van der Waals surface area contributed by atoms with E-state index in [0.29, 0.717) is 31.6 Å². The van der Waals surface area contributed by atoms with Gasteiger partial charge in [-0.25, -0.2) is 9.13 Å². The van der Waals surface area contributed by atoms with E-state index in [0.717, 1.165) is 114 Å². The highest BCUT2D eigenvalue weighted by Crippen LogP contribution is 2.45. The van der Waals surface area contributed by atoms with Gasteiger partial charge in [0, 0.05) is 25.7 Å². The third-order valence-electron chi connectivity index (χ3n) is 16.9. The van der Waals surface area contributed by atoms with Gasteiger partial charge in [-0.05, 0) is 49.4 Å². The zero-order valence-corrected chi connectivity index (χ0v) is 61.3. The lowest BCUT2D eigenvalue weighted by atomic mass is 10.00. The van der Waals surface area contributed by atoms with Gasteiger partial charge in [0.1, 0.15) is 19.3 Å². The van der Waals surface area contributed by atoms with E-state index in [2.05, 4.69) is 55.4 Å². The van der Waals surface area contributed by atoms with Gasteiger partial charge in [-0.2, -0.15) is 0 Å². The van der Waals surface area contributed by atoms with Gasteiger partial charge < -0.3 is 33.8 Å². The van der Waals surface area contributed by atoms with Crippen LogP contribution in [0.4, 0.5) is 0 Å². The molecule has 0 rings (SSSR count). The topological polar surface area (TPSA) is 237 Å². The molecule has 0 radical (unpaired) electrons. The third-order valence-corrected chi connectivity index (χ3v) is 18.8. The monoisotopic (exact) mass is 1340 g/mol. The number of hydrogen-bond donors (Lipinski definition) is 3. The molecule has 0 amide bonds. The van der Waals surface area contributed by atoms with Gasteiger partial charge in [0.05, 0.1) is 26.4 Å². The van der Waals surface area contributed by atoms with Crippen molar-refractivity contribution in [2.24, 2.45) is 23.7 Å². The molecule has 17 nitrogen and oxygen atoms in total. The molecule has 0 aliphatic rings. The average Bonchev–Trinajstić information content (AvgIpc) is 3.23. The number of carbonyl (C=O) groups excluding carboxylic acids is 4. The van der Waals surface area contributed by atoms with E-state index in [1.807, 2.05) is 0 Å². The molecule has 91 heavy (non-hydrogen) atoms. The fourth-order valence-electron chi connectivity index (χ4n) is 10.8. The van der Waals surface area contributed by atoms with Crippen molar-refractivity contribution >= 4 is 39.5 Å². The van der Waals surface area contributed by atoms with E-state index < -0.39 is 97.5 Å². The molecular formula is C72H140O17P2. The minimum atomic E-state index is -4.95. The molecule has 0 saturated carbocycles. The molecule has 0 spiro atoms. The fourth-order valence-corrected chi connectivity index (χ4v) is 12.4. The molecule has 19 heteroatoms. The highest BCUT2D eigenvalue weighted by Gasteiger charge is 2.30. The summed E-state index contributed by atoms with van der Waals surface area (Å²) in [6.45, 7) is 14.1. The van der Waals surface area contributed by atoms with Crippen LogP contribution >= 0.6 is 15.6 Å².